The van der Waals surface area contributed by atoms with Gasteiger partial charge >= 0.3 is 0 Å². The lowest BCUT2D eigenvalue weighted by molar-refractivity contribution is -0.139. The molecular formula is C17H20N2O3. The van der Waals surface area contributed by atoms with Gasteiger partial charge in [0.15, 0.2) is 5.78 Å². The number of hydrogen-bond donors (Lipinski definition) is 0. The zero-order chi connectivity index (χ0) is 16.0. The van der Waals surface area contributed by atoms with Crippen LogP contribution >= 0.6 is 0 Å². The van der Waals surface area contributed by atoms with E-state index in [4.69, 9.17) is 0 Å². The van der Waals surface area contributed by atoms with Crippen molar-refractivity contribution in [1.82, 2.24) is 9.80 Å². The molecule has 0 unspecified atom stereocenters. The highest BCUT2D eigenvalue weighted by molar-refractivity contribution is 6.11. The zero-order valence-corrected chi connectivity index (χ0v) is 13.0. The minimum Gasteiger partial charge on any atom is -0.292 e. The van der Waals surface area contributed by atoms with Crippen LogP contribution in [0.5, 0.6) is 0 Å². The summed E-state index contributed by atoms with van der Waals surface area (Å²) in [6.45, 7) is 1.99. The number of imide groups is 1. The van der Waals surface area contributed by atoms with E-state index in [1.165, 1.54) is 11.9 Å². The lowest BCUT2D eigenvalue weighted by Crippen LogP contribution is -2.45. The molecule has 2 aliphatic heterocycles. The second-order valence-corrected chi connectivity index (χ2v) is 6.10. The number of nitrogens with zero attached hydrogens (tertiary/aromatic N) is 2. The molecule has 0 spiro atoms. The van der Waals surface area contributed by atoms with Crippen molar-refractivity contribution in [2.24, 2.45) is 11.8 Å². The molecule has 5 nitrogen and oxygen atoms in total. The SMILES string of the molecule is CC[C@@H]1[C@@H]2C(=O)N(C)C(=O)[C@@H]2[C@@H](C(=O)c2ccccc2)N1C. The van der Waals surface area contributed by atoms with Crippen molar-refractivity contribution in [1.29, 1.82) is 0 Å². The molecule has 2 heterocycles. The number of likely N-dealkylation sites (N-methyl/N-ethyl adjacent to an activating group) is 1. The minimum atomic E-state index is -0.557. The smallest absolute Gasteiger partial charge is 0.234 e. The molecule has 4 atom stereocenters. The molecular weight excluding hydrogens is 280 g/mol. The predicted molar refractivity (Wildman–Crippen MR) is 81.2 cm³/mol. The molecule has 1 aromatic rings. The van der Waals surface area contributed by atoms with Gasteiger partial charge in [-0.1, -0.05) is 37.3 Å². The van der Waals surface area contributed by atoms with Gasteiger partial charge in [-0.25, -0.2) is 0 Å². The molecule has 1 aromatic carbocycles. The largest absolute Gasteiger partial charge is 0.292 e. The molecule has 0 saturated carbocycles. The summed E-state index contributed by atoms with van der Waals surface area (Å²) in [6.07, 6.45) is 0.739. The van der Waals surface area contributed by atoms with Crippen LogP contribution in [0.4, 0.5) is 0 Å². The molecule has 2 aliphatic rings. The summed E-state index contributed by atoms with van der Waals surface area (Å²) in [5.41, 5.74) is 0.588. The van der Waals surface area contributed by atoms with Gasteiger partial charge in [-0.3, -0.25) is 24.2 Å². The fraction of sp³-hybridized carbons (Fsp3) is 0.471. The highest BCUT2D eigenvalue weighted by atomic mass is 16.2. The molecule has 0 aliphatic carbocycles. The summed E-state index contributed by atoms with van der Waals surface area (Å²) in [5.74, 6) is -1.42. The van der Waals surface area contributed by atoms with E-state index in [1.54, 1.807) is 12.1 Å². The summed E-state index contributed by atoms with van der Waals surface area (Å²) < 4.78 is 0. The maximum absolute atomic E-state index is 12.9. The van der Waals surface area contributed by atoms with Crippen molar-refractivity contribution in [3.8, 4) is 0 Å². The van der Waals surface area contributed by atoms with Crippen LogP contribution in [0.15, 0.2) is 30.3 Å². The number of likely N-dealkylation sites (tertiary alicyclic amines) is 2. The van der Waals surface area contributed by atoms with Crippen LogP contribution in [-0.2, 0) is 9.59 Å². The first-order chi connectivity index (χ1) is 10.5. The summed E-state index contributed by atoms with van der Waals surface area (Å²) >= 11 is 0. The van der Waals surface area contributed by atoms with Crippen LogP contribution in [-0.4, -0.2) is 53.6 Å². The van der Waals surface area contributed by atoms with Crippen LogP contribution in [0.3, 0.4) is 0 Å². The molecule has 2 fully saturated rings. The van der Waals surface area contributed by atoms with Gasteiger partial charge in [0.05, 0.1) is 17.9 Å². The zero-order valence-electron chi connectivity index (χ0n) is 13.0. The molecule has 0 aromatic heterocycles. The van der Waals surface area contributed by atoms with Crippen molar-refractivity contribution in [3.05, 3.63) is 35.9 Å². The Morgan fingerprint density at radius 2 is 1.64 bits per heavy atom. The number of fused-ring (bicyclic) bond motifs is 1. The van der Waals surface area contributed by atoms with E-state index in [9.17, 15) is 14.4 Å². The van der Waals surface area contributed by atoms with E-state index < -0.39 is 17.9 Å². The molecule has 0 N–H and O–H groups in total. The fourth-order valence-electron chi connectivity index (χ4n) is 3.97. The fourth-order valence-corrected chi connectivity index (χ4v) is 3.97. The minimum absolute atomic E-state index is 0.0657. The van der Waals surface area contributed by atoms with Crippen LogP contribution < -0.4 is 0 Å². The Morgan fingerprint density at radius 1 is 1.05 bits per heavy atom. The normalized spacial score (nSPS) is 31.7. The van der Waals surface area contributed by atoms with Crippen LogP contribution in [0.25, 0.3) is 0 Å². The topological polar surface area (TPSA) is 57.7 Å². The standard InChI is InChI=1S/C17H20N2O3/c1-4-11-12-13(17(22)19(3)16(12)21)14(18(11)2)15(20)10-8-6-5-7-9-10/h5-9,11-14H,4H2,1-3H3/t11-,12+,13+,14+/m1/s1. The summed E-state index contributed by atoms with van der Waals surface area (Å²) in [4.78, 5) is 40.9. The Morgan fingerprint density at radius 3 is 2.23 bits per heavy atom. The number of ketones is 1. The number of carbonyl (C=O) groups is 3. The highest BCUT2D eigenvalue weighted by Crippen LogP contribution is 2.43. The molecule has 2 saturated heterocycles. The number of benzene rings is 1. The average Bonchev–Trinajstić information content (AvgIpc) is 2.95. The van der Waals surface area contributed by atoms with Crippen LogP contribution in [0.1, 0.15) is 23.7 Å². The molecule has 0 radical (unpaired) electrons. The summed E-state index contributed by atoms with van der Waals surface area (Å²) in [6, 6.07) is 8.37. The Bertz CT molecular complexity index is 628. The molecule has 22 heavy (non-hydrogen) atoms. The van der Waals surface area contributed by atoms with Crippen molar-refractivity contribution in [2.75, 3.05) is 14.1 Å². The Labute approximate surface area is 129 Å². The van der Waals surface area contributed by atoms with Gasteiger partial charge in [0.25, 0.3) is 0 Å². The number of Topliss-reactive ketones (excluding diaryl/α,β-unsaturated/α-hetero) is 1. The third-order valence-electron chi connectivity index (χ3n) is 5.08. The lowest BCUT2D eigenvalue weighted by Gasteiger charge is -2.27. The maximum Gasteiger partial charge on any atom is 0.234 e. The highest BCUT2D eigenvalue weighted by Gasteiger charge is 2.61. The number of rotatable bonds is 3. The van der Waals surface area contributed by atoms with Crippen molar-refractivity contribution >= 4 is 17.6 Å². The third-order valence-corrected chi connectivity index (χ3v) is 5.08. The van der Waals surface area contributed by atoms with Crippen LogP contribution in [0, 0.1) is 11.8 Å². The van der Waals surface area contributed by atoms with Crippen molar-refractivity contribution < 1.29 is 14.4 Å². The van der Waals surface area contributed by atoms with Gasteiger partial charge in [-0.15, -0.1) is 0 Å². The van der Waals surface area contributed by atoms with Gasteiger partial charge in [0.2, 0.25) is 11.8 Å². The second kappa shape index (κ2) is 5.32. The number of amides is 2. The number of hydrogen-bond acceptors (Lipinski definition) is 4. The Kier molecular flexibility index (Phi) is 3.60. The van der Waals surface area contributed by atoms with E-state index in [-0.39, 0.29) is 23.6 Å². The summed E-state index contributed by atoms with van der Waals surface area (Å²) in [7, 11) is 3.36. The first-order valence-corrected chi connectivity index (χ1v) is 7.61. The average molecular weight is 300 g/mol. The molecule has 2 amide bonds. The van der Waals surface area contributed by atoms with E-state index in [0.29, 0.717) is 5.56 Å². The van der Waals surface area contributed by atoms with E-state index in [1.807, 2.05) is 37.1 Å². The van der Waals surface area contributed by atoms with Gasteiger partial charge in [-0.05, 0) is 13.5 Å². The molecule has 3 rings (SSSR count). The summed E-state index contributed by atoms with van der Waals surface area (Å²) in [5, 5.41) is 0. The second-order valence-electron chi connectivity index (χ2n) is 6.10. The van der Waals surface area contributed by atoms with Gasteiger partial charge in [-0.2, -0.15) is 0 Å². The molecule has 0 bridgehead atoms. The van der Waals surface area contributed by atoms with Gasteiger partial charge < -0.3 is 0 Å². The maximum atomic E-state index is 12.9. The first kappa shape index (κ1) is 14.9. The lowest BCUT2D eigenvalue weighted by atomic mass is 9.86. The first-order valence-electron chi connectivity index (χ1n) is 7.61. The third kappa shape index (κ3) is 1.92. The quantitative estimate of drug-likeness (QED) is 0.621. The van der Waals surface area contributed by atoms with E-state index >= 15 is 0 Å². The number of carbonyl (C=O) groups excluding carboxylic acids is 3. The van der Waals surface area contributed by atoms with Crippen LogP contribution in [0.2, 0.25) is 0 Å². The monoisotopic (exact) mass is 300 g/mol. The van der Waals surface area contributed by atoms with E-state index in [2.05, 4.69) is 0 Å². The van der Waals surface area contributed by atoms with Gasteiger partial charge in [0.1, 0.15) is 0 Å². The Hall–Kier alpha value is -2.01. The van der Waals surface area contributed by atoms with E-state index in [0.717, 1.165) is 6.42 Å². The molecule has 5 heteroatoms. The van der Waals surface area contributed by atoms with Gasteiger partial charge in [0, 0.05) is 18.7 Å². The van der Waals surface area contributed by atoms with Crippen molar-refractivity contribution in [3.63, 3.8) is 0 Å². The predicted octanol–water partition coefficient (Wildman–Crippen LogP) is 1.19. The van der Waals surface area contributed by atoms with Crippen molar-refractivity contribution in [2.45, 2.75) is 25.4 Å². The Balaban J connectivity index is 2.02. The molecule has 116 valence electrons.